The monoisotopic (exact) mass is 191 g/mol. The number of hydrogen-bond acceptors (Lipinski definition) is 2. The van der Waals surface area contributed by atoms with Crippen LogP contribution in [0.1, 0.15) is 18.4 Å². The highest BCUT2D eigenvalue weighted by Gasteiger charge is 2.16. The maximum absolute atomic E-state index is 11.5. The number of carbonyl (C=O) groups excluding carboxylic acids is 1. The van der Waals surface area contributed by atoms with E-state index in [1.54, 1.807) is 6.92 Å². The molecule has 0 bridgehead atoms. The first-order valence-electron chi connectivity index (χ1n) is 4.81. The molecule has 0 unspecified atom stereocenters. The van der Waals surface area contributed by atoms with E-state index in [1.165, 1.54) is 0 Å². The Kier molecular flexibility index (Phi) is 3.84. The predicted octanol–water partition coefficient (Wildman–Crippen LogP) is 1.92. The summed E-state index contributed by atoms with van der Waals surface area (Å²) in [5.74, 6) is 0.232. The molecule has 0 saturated carbocycles. The summed E-state index contributed by atoms with van der Waals surface area (Å²) in [6, 6.07) is 9.93. The van der Waals surface area contributed by atoms with Gasteiger partial charge in [-0.15, -0.1) is 0 Å². The number of Topliss-reactive ketones (excluding diaryl/α,β-unsaturated/α-hetero) is 1. The first kappa shape index (κ1) is 10.9. The molecule has 0 aliphatic heterocycles. The van der Waals surface area contributed by atoms with Gasteiger partial charge in [0.1, 0.15) is 5.78 Å². The number of carbonyl (C=O) groups is 1. The molecule has 0 aliphatic rings. The molecule has 0 spiro atoms. The van der Waals surface area contributed by atoms with Crippen molar-refractivity contribution in [1.82, 2.24) is 4.90 Å². The molecule has 0 N–H and O–H groups in total. The lowest BCUT2D eigenvalue weighted by Crippen LogP contribution is -2.24. The minimum absolute atomic E-state index is 0.00574. The SMILES string of the molecule is CC(=O)[C@@H](CN(C)C)c1ccccc1. The molecule has 2 nitrogen and oxygen atoms in total. The fourth-order valence-corrected chi connectivity index (χ4v) is 1.52. The Morgan fingerprint density at radius 1 is 1.29 bits per heavy atom. The van der Waals surface area contributed by atoms with Crippen molar-refractivity contribution in [2.45, 2.75) is 12.8 Å². The lowest BCUT2D eigenvalue weighted by atomic mass is 9.95. The number of hydrogen-bond donors (Lipinski definition) is 0. The Bertz CT molecular complexity index is 292. The summed E-state index contributed by atoms with van der Waals surface area (Å²) < 4.78 is 0. The highest BCUT2D eigenvalue weighted by molar-refractivity contribution is 5.83. The van der Waals surface area contributed by atoms with E-state index in [0.29, 0.717) is 0 Å². The highest BCUT2D eigenvalue weighted by Crippen LogP contribution is 2.16. The van der Waals surface area contributed by atoms with Crippen LogP contribution in [0.2, 0.25) is 0 Å². The first-order chi connectivity index (χ1) is 6.61. The second kappa shape index (κ2) is 4.91. The molecule has 1 atom stereocenters. The van der Waals surface area contributed by atoms with Gasteiger partial charge in [0.2, 0.25) is 0 Å². The molecule has 2 heteroatoms. The largest absolute Gasteiger partial charge is 0.308 e. The van der Waals surface area contributed by atoms with Crippen LogP contribution in [-0.2, 0) is 4.79 Å². The van der Waals surface area contributed by atoms with Crippen molar-refractivity contribution in [3.63, 3.8) is 0 Å². The molecule has 0 radical (unpaired) electrons. The van der Waals surface area contributed by atoms with E-state index in [4.69, 9.17) is 0 Å². The Morgan fingerprint density at radius 2 is 1.86 bits per heavy atom. The lowest BCUT2D eigenvalue weighted by Gasteiger charge is -2.18. The van der Waals surface area contributed by atoms with E-state index in [0.717, 1.165) is 12.1 Å². The Morgan fingerprint density at radius 3 is 2.29 bits per heavy atom. The summed E-state index contributed by atoms with van der Waals surface area (Å²) in [5, 5.41) is 0. The Labute approximate surface area is 85.5 Å². The summed E-state index contributed by atoms with van der Waals surface area (Å²) in [4.78, 5) is 13.5. The third kappa shape index (κ3) is 2.96. The summed E-state index contributed by atoms with van der Waals surface area (Å²) in [6.45, 7) is 2.43. The van der Waals surface area contributed by atoms with Crippen LogP contribution in [0.4, 0.5) is 0 Å². The van der Waals surface area contributed by atoms with Crippen molar-refractivity contribution < 1.29 is 4.79 Å². The Hall–Kier alpha value is -1.15. The molecule has 76 valence electrons. The number of likely N-dealkylation sites (N-methyl/N-ethyl adjacent to an activating group) is 1. The minimum Gasteiger partial charge on any atom is -0.308 e. The fraction of sp³-hybridized carbons (Fsp3) is 0.417. The van der Waals surface area contributed by atoms with E-state index in [2.05, 4.69) is 0 Å². The van der Waals surface area contributed by atoms with E-state index in [-0.39, 0.29) is 11.7 Å². The van der Waals surface area contributed by atoms with Crippen LogP contribution in [0, 0.1) is 0 Å². The summed E-state index contributed by atoms with van der Waals surface area (Å²) in [5.41, 5.74) is 1.11. The smallest absolute Gasteiger partial charge is 0.138 e. The van der Waals surface area contributed by atoms with Crippen molar-refractivity contribution in [2.24, 2.45) is 0 Å². The number of benzene rings is 1. The average molecular weight is 191 g/mol. The topological polar surface area (TPSA) is 20.3 Å². The maximum atomic E-state index is 11.5. The molecule has 0 heterocycles. The Balaban J connectivity index is 2.84. The molecule has 0 aliphatic carbocycles. The van der Waals surface area contributed by atoms with Gasteiger partial charge in [-0.05, 0) is 26.6 Å². The van der Waals surface area contributed by atoms with E-state index >= 15 is 0 Å². The molecule has 0 saturated heterocycles. The zero-order valence-electron chi connectivity index (χ0n) is 9.03. The normalized spacial score (nSPS) is 12.9. The van der Waals surface area contributed by atoms with Crippen LogP contribution in [0.5, 0.6) is 0 Å². The van der Waals surface area contributed by atoms with Crippen LogP contribution in [0.3, 0.4) is 0 Å². The van der Waals surface area contributed by atoms with Gasteiger partial charge in [0.25, 0.3) is 0 Å². The highest BCUT2D eigenvalue weighted by atomic mass is 16.1. The van der Waals surface area contributed by atoms with Gasteiger partial charge < -0.3 is 4.90 Å². The van der Waals surface area contributed by atoms with E-state index in [9.17, 15) is 4.79 Å². The van der Waals surface area contributed by atoms with Crippen molar-refractivity contribution in [3.8, 4) is 0 Å². The maximum Gasteiger partial charge on any atom is 0.138 e. The van der Waals surface area contributed by atoms with Crippen molar-refractivity contribution in [2.75, 3.05) is 20.6 Å². The van der Waals surface area contributed by atoms with E-state index in [1.807, 2.05) is 49.3 Å². The van der Waals surface area contributed by atoms with Gasteiger partial charge in [-0.2, -0.15) is 0 Å². The van der Waals surface area contributed by atoms with Crippen LogP contribution in [0.15, 0.2) is 30.3 Å². The molecule has 0 amide bonds. The molecule has 0 fully saturated rings. The quantitative estimate of drug-likeness (QED) is 0.724. The third-order valence-electron chi connectivity index (χ3n) is 2.24. The van der Waals surface area contributed by atoms with Crippen LogP contribution in [-0.4, -0.2) is 31.3 Å². The van der Waals surface area contributed by atoms with Crippen molar-refractivity contribution >= 4 is 5.78 Å². The lowest BCUT2D eigenvalue weighted by molar-refractivity contribution is -0.118. The standard InChI is InChI=1S/C12H17NO/c1-10(14)12(9-13(2)3)11-7-5-4-6-8-11/h4-8,12H,9H2,1-3H3/t12-/m1/s1. The van der Waals surface area contributed by atoms with E-state index < -0.39 is 0 Å². The molecule has 1 aromatic carbocycles. The first-order valence-corrected chi connectivity index (χ1v) is 4.81. The van der Waals surface area contributed by atoms with Gasteiger partial charge in [-0.3, -0.25) is 4.79 Å². The van der Waals surface area contributed by atoms with Crippen molar-refractivity contribution in [1.29, 1.82) is 0 Å². The van der Waals surface area contributed by atoms with Crippen LogP contribution in [0.25, 0.3) is 0 Å². The van der Waals surface area contributed by atoms with Crippen molar-refractivity contribution in [3.05, 3.63) is 35.9 Å². The second-order valence-corrected chi connectivity index (χ2v) is 3.84. The minimum atomic E-state index is 0.00574. The molecular weight excluding hydrogens is 174 g/mol. The van der Waals surface area contributed by atoms with Gasteiger partial charge in [0.05, 0.1) is 5.92 Å². The molecular formula is C12H17NO. The zero-order chi connectivity index (χ0) is 10.6. The average Bonchev–Trinajstić information content (AvgIpc) is 2.15. The van der Waals surface area contributed by atoms with Gasteiger partial charge in [0.15, 0.2) is 0 Å². The molecule has 1 rings (SSSR count). The summed E-state index contributed by atoms with van der Waals surface area (Å²) >= 11 is 0. The number of rotatable bonds is 4. The molecule has 14 heavy (non-hydrogen) atoms. The predicted molar refractivity (Wildman–Crippen MR) is 58.4 cm³/mol. The fourth-order valence-electron chi connectivity index (χ4n) is 1.52. The van der Waals surface area contributed by atoms with Gasteiger partial charge >= 0.3 is 0 Å². The zero-order valence-corrected chi connectivity index (χ0v) is 9.03. The number of nitrogens with zero attached hydrogens (tertiary/aromatic N) is 1. The van der Waals surface area contributed by atoms with Crippen LogP contribution < -0.4 is 0 Å². The molecule has 1 aromatic rings. The van der Waals surface area contributed by atoms with Gasteiger partial charge in [-0.25, -0.2) is 0 Å². The number of ketones is 1. The van der Waals surface area contributed by atoms with Gasteiger partial charge in [0, 0.05) is 6.54 Å². The van der Waals surface area contributed by atoms with Gasteiger partial charge in [-0.1, -0.05) is 30.3 Å². The second-order valence-electron chi connectivity index (χ2n) is 3.84. The van der Waals surface area contributed by atoms with Crippen LogP contribution >= 0.6 is 0 Å². The molecule has 0 aromatic heterocycles. The third-order valence-corrected chi connectivity index (χ3v) is 2.24. The summed E-state index contributed by atoms with van der Waals surface area (Å²) in [6.07, 6.45) is 0. The summed E-state index contributed by atoms with van der Waals surface area (Å²) in [7, 11) is 3.97.